The molecule has 0 aliphatic heterocycles. The molecule has 5 nitrogen and oxygen atoms in total. The van der Waals surface area contributed by atoms with Gasteiger partial charge in [0.1, 0.15) is 11.2 Å². The lowest BCUT2D eigenvalue weighted by Crippen LogP contribution is -2.06. The fourth-order valence-corrected chi connectivity index (χ4v) is 1.91. The van der Waals surface area contributed by atoms with Crippen LogP contribution in [0.3, 0.4) is 0 Å². The third-order valence-electron chi connectivity index (χ3n) is 2.81. The van der Waals surface area contributed by atoms with Crippen molar-refractivity contribution in [3.63, 3.8) is 0 Å². The third-order valence-corrected chi connectivity index (χ3v) is 2.81. The Morgan fingerprint density at radius 2 is 2.00 bits per heavy atom. The third kappa shape index (κ3) is 1.89. The Morgan fingerprint density at radius 1 is 1.21 bits per heavy atom. The van der Waals surface area contributed by atoms with Crippen LogP contribution < -0.4 is 10.4 Å². The molecule has 5 heteroatoms. The molecule has 0 unspecified atom stereocenters. The standard InChI is InChI=1S/C14H10O5/c1-2-12(15)19-14-8-3-4-13(16)18-11(8)7-10-9(14)5-6-17-10/h3-7H,2H2,1H3. The van der Waals surface area contributed by atoms with Gasteiger partial charge in [-0.1, -0.05) is 6.92 Å². The number of fused-ring (bicyclic) bond motifs is 2. The van der Waals surface area contributed by atoms with Crippen LogP contribution in [0.5, 0.6) is 5.75 Å². The molecule has 2 aromatic heterocycles. The highest BCUT2D eigenvalue weighted by Gasteiger charge is 2.15. The highest BCUT2D eigenvalue weighted by atomic mass is 16.5. The van der Waals surface area contributed by atoms with Gasteiger partial charge < -0.3 is 13.6 Å². The topological polar surface area (TPSA) is 69.7 Å². The van der Waals surface area contributed by atoms with Crippen LogP contribution in [0, 0.1) is 0 Å². The largest absolute Gasteiger partial charge is 0.464 e. The van der Waals surface area contributed by atoms with Crippen LogP contribution in [0.4, 0.5) is 0 Å². The first-order valence-electron chi connectivity index (χ1n) is 5.84. The molecule has 0 atom stereocenters. The number of carbonyl (C=O) groups excluding carboxylic acids is 1. The second-order valence-corrected chi connectivity index (χ2v) is 4.03. The number of hydrogen-bond acceptors (Lipinski definition) is 5. The predicted octanol–water partition coefficient (Wildman–Crippen LogP) is 2.85. The Morgan fingerprint density at radius 3 is 2.79 bits per heavy atom. The van der Waals surface area contributed by atoms with E-state index in [1.807, 2.05) is 0 Å². The molecule has 0 aliphatic rings. The molecular weight excluding hydrogens is 248 g/mol. The van der Waals surface area contributed by atoms with Crippen LogP contribution in [-0.2, 0) is 4.79 Å². The molecule has 3 rings (SSSR count). The van der Waals surface area contributed by atoms with E-state index in [2.05, 4.69) is 0 Å². The molecule has 0 amide bonds. The van der Waals surface area contributed by atoms with Crippen molar-refractivity contribution in [1.29, 1.82) is 0 Å². The second kappa shape index (κ2) is 4.28. The van der Waals surface area contributed by atoms with E-state index in [4.69, 9.17) is 13.6 Å². The summed E-state index contributed by atoms with van der Waals surface area (Å²) < 4.78 is 15.7. The van der Waals surface area contributed by atoms with E-state index in [1.54, 1.807) is 25.1 Å². The zero-order valence-electron chi connectivity index (χ0n) is 10.1. The van der Waals surface area contributed by atoms with E-state index in [9.17, 15) is 9.59 Å². The summed E-state index contributed by atoms with van der Waals surface area (Å²) >= 11 is 0. The molecule has 0 N–H and O–H groups in total. The van der Waals surface area contributed by atoms with E-state index in [1.165, 1.54) is 12.3 Å². The number of rotatable bonds is 2. The zero-order chi connectivity index (χ0) is 13.4. The maximum atomic E-state index is 11.5. The molecule has 0 fully saturated rings. The lowest BCUT2D eigenvalue weighted by atomic mass is 10.1. The van der Waals surface area contributed by atoms with Crippen molar-refractivity contribution in [2.75, 3.05) is 0 Å². The molecule has 96 valence electrons. The van der Waals surface area contributed by atoms with Crippen molar-refractivity contribution in [3.8, 4) is 5.75 Å². The zero-order valence-corrected chi connectivity index (χ0v) is 10.1. The Bertz CT molecular complexity index is 825. The van der Waals surface area contributed by atoms with Gasteiger partial charge in [-0.15, -0.1) is 0 Å². The average Bonchev–Trinajstić information content (AvgIpc) is 2.85. The van der Waals surface area contributed by atoms with Gasteiger partial charge in [-0.25, -0.2) is 4.79 Å². The second-order valence-electron chi connectivity index (χ2n) is 4.03. The summed E-state index contributed by atoms with van der Waals surface area (Å²) in [6.07, 6.45) is 1.75. The Balaban J connectivity index is 2.36. The van der Waals surface area contributed by atoms with Gasteiger partial charge in [0.05, 0.1) is 17.0 Å². The van der Waals surface area contributed by atoms with Crippen molar-refractivity contribution in [2.24, 2.45) is 0 Å². The van der Waals surface area contributed by atoms with Crippen LogP contribution in [0.1, 0.15) is 13.3 Å². The summed E-state index contributed by atoms with van der Waals surface area (Å²) in [5, 5.41) is 1.23. The van der Waals surface area contributed by atoms with Crippen LogP contribution in [-0.4, -0.2) is 5.97 Å². The van der Waals surface area contributed by atoms with E-state index < -0.39 is 5.63 Å². The molecule has 3 aromatic rings. The summed E-state index contributed by atoms with van der Waals surface area (Å²) in [4.78, 5) is 22.8. The highest BCUT2D eigenvalue weighted by Crippen LogP contribution is 2.35. The maximum Gasteiger partial charge on any atom is 0.336 e. The van der Waals surface area contributed by atoms with Crippen molar-refractivity contribution in [1.82, 2.24) is 0 Å². The fourth-order valence-electron chi connectivity index (χ4n) is 1.91. The summed E-state index contributed by atoms with van der Waals surface area (Å²) in [6, 6.07) is 6.18. The van der Waals surface area contributed by atoms with E-state index in [-0.39, 0.29) is 12.4 Å². The van der Waals surface area contributed by atoms with Crippen molar-refractivity contribution in [3.05, 3.63) is 40.9 Å². The van der Waals surface area contributed by atoms with Crippen LogP contribution in [0.2, 0.25) is 0 Å². The summed E-state index contributed by atoms with van der Waals surface area (Å²) in [5.41, 5.74) is 0.362. The molecule has 0 radical (unpaired) electrons. The lowest BCUT2D eigenvalue weighted by molar-refractivity contribution is -0.133. The first kappa shape index (κ1) is 11.5. The highest BCUT2D eigenvalue weighted by molar-refractivity contribution is 6.02. The van der Waals surface area contributed by atoms with Crippen molar-refractivity contribution >= 4 is 27.9 Å². The van der Waals surface area contributed by atoms with Gasteiger partial charge in [-0.3, -0.25) is 4.79 Å². The average molecular weight is 258 g/mol. The van der Waals surface area contributed by atoms with Gasteiger partial charge in [0.25, 0.3) is 0 Å². The van der Waals surface area contributed by atoms with E-state index >= 15 is 0 Å². The van der Waals surface area contributed by atoms with Crippen molar-refractivity contribution < 1.29 is 18.4 Å². The Kier molecular flexibility index (Phi) is 2.59. The number of ether oxygens (including phenoxy) is 1. The smallest absolute Gasteiger partial charge is 0.336 e. The van der Waals surface area contributed by atoms with Gasteiger partial charge in [-0.05, 0) is 12.1 Å². The van der Waals surface area contributed by atoms with Crippen molar-refractivity contribution in [2.45, 2.75) is 13.3 Å². The van der Waals surface area contributed by atoms with Crippen LogP contribution >= 0.6 is 0 Å². The number of benzene rings is 1. The number of hydrogen-bond donors (Lipinski definition) is 0. The van der Waals surface area contributed by atoms with Gasteiger partial charge in [0, 0.05) is 18.6 Å². The SMILES string of the molecule is CCC(=O)Oc1c2ccoc2cc2oc(=O)ccc12. The molecule has 0 saturated carbocycles. The molecule has 19 heavy (non-hydrogen) atoms. The minimum absolute atomic E-state index is 0.256. The minimum Gasteiger partial charge on any atom is -0.464 e. The molecule has 0 spiro atoms. The predicted molar refractivity (Wildman–Crippen MR) is 68.2 cm³/mol. The molecule has 0 bridgehead atoms. The van der Waals surface area contributed by atoms with Gasteiger partial charge in [-0.2, -0.15) is 0 Å². The number of carbonyl (C=O) groups is 1. The van der Waals surface area contributed by atoms with Gasteiger partial charge in [0.15, 0.2) is 5.75 Å². The number of furan rings is 1. The summed E-state index contributed by atoms with van der Waals surface area (Å²) in [7, 11) is 0. The molecular formula is C14H10O5. The van der Waals surface area contributed by atoms with Crippen LogP contribution in [0.15, 0.2) is 44.2 Å². The van der Waals surface area contributed by atoms with Gasteiger partial charge >= 0.3 is 11.6 Å². The van der Waals surface area contributed by atoms with Gasteiger partial charge in [0.2, 0.25) is 0 Å². The Hall–Kier alpha value is -2.56. The normalized spacial score (nSPS) is 11.0. The molecule has 2 heterocycles. The van der Waals surface area contributed by atoms with Crippen LogP contribution in [0.25, 0.3) is 21.9 Å². The summed E-state index contributed by atoms with van der Waals surface area (Å²) in [6.45, 7) is 1.71. The van der Waals surface area contributed by atoms with E-state index in [0.717, 1.165) is 0 Å². The molecule has 0 aliphatic carbocycles. The quantitative estimate of drug-likeness (QED) is 0.401. The molecule has 1 aromatic carbocycles. The monoisotopic (exact) mass is 258 g/mol. The lowest BCUT2D eigenvalue weighted by Gasteiger charge is -2.07. The Labute approximate surface area is 107 Å². The maximum absolute atomic E-state index is 11.5. The molecule has 0 saturated heterocycles. The first-order chi connectivity index (χ1) is 9.19. The number of esters is 1. The van der Waals surface area contributed by atoms with E-state index in [0.29, 0.717) is 27.7 Å². The first-order valence-corrected chi connectivity index (χ1v) is 5.84. The fraction of sp³-hybridized carbons (Fsp3) is 0.143. The minimum atomic E-state index is -0.467. The summed E-state index contributed by atoms with van der Waals surface area (Å²) in [5.74, 6) is -0.00181.